The van der Waals surface area contributed by atoms with E-state index in [1.165, 1.54) is 22.1 Å². The van der Waals surface area contributed by atoms with Gasteiger partial charge in [-0.3, -0.25) is 19.8 Å². The number of pyridine rings is 2. The summed E-state index contributed by atoms with van der Waals surface area (Å²) < 4.78 is 5.47. The fraction of sp³-hybridized carbons (Fsp3) is 0.391. The average molecular weight is 464 g/mol. The van der Waals surface area contributed by atoms with Crippen LogP contribution in [-0.4, -0.2) is 64.5 Å². The fourth-order valence-electron chi connectivity index (χ4n) is 4.11. The van der Waals surface area contributed by atoms with Gasteiger partial charge in [0.15, 0.2) is 6.29 Å². The lowest BCUT2D eigenvalue weighted by Gasteiger charge is -2.29. The number of aryl methyl sites for hydroxylation is 1. The molecule has 2 aliphatic rings. The number of aromatic nitrogens is 2. The Bertz CT molecular complexity index is 1170. The molecular weight excluding hydrogens is 440 g/mol. The van der Waals surface area contributed by atoms with E-state index in [2.05, 4.69) is 15.3 Å². The van der Waals surface area contributed by atoms with Gasteiger partial charge in [-0.05, 0) is 37.3 Å². The smallest absolute Gasteiger partial charge is 0.328 e. The van der Waals surface area contributed by atoms with E-state index in [1.807, 2.05) is 6.07 Å². The molecule has 0 aliphatic carbocycles. The van der Waals surface area contributed by atoms with Crippen LogP contribution in [0.15, 0.2) is 18.3 Å². The van der Waals surface area contributed by atoms with Gasteiger partial charge in [0.1, 0.15) is 40.8 Å². The molecule has 0 spiro atoms. The zero-order valence-electron chi connectivity index (χ0n) is 18.7. The normalized spacial score (nSPS) is 16.9. The summed E-state index contributed by atoms with van der Waals surface area (Å²) in [6.45, 7) is 1.15. The number of nitrogens with one attached hydrogen (secondary N) is 1. The summed E-state index contributed by atoms with van der Waals surface area (Å²) in [7, 11) is 1.66. The van der Waals surface area contributed by atoms with E-state index in [4.69, 9.17) is 10.00 Å². The Morgan fingerprint density at radius 3 is 2.91 bits per heavy atom. The predicted octanol–water partition coefficient (Wildman–Crippen LogP) is 1.99. The molecule has 0 saturated carbocycles. The Kier molecular flexibility index (Phi) is 6.70. The molecule has 0 radical (unpaired) electrons. The Morgan fingerprint density at radius 2 is 2.24 bits per heavy atom. The van der Waals surface area contributed by atoms with Crippen molar-refractivity contribution in [1.29, 1.82) is 5.26 Å². The number of hydrogen-bond donors (Lipinski definition) is 2. The van der Waals surface area contributed by atoms with Gasteiger partial charge >= 0.3 is 6.03 Å². The molecule has 4 rings (SSSR count). The molecule has 1 unspecified atom stereocenters. The summed E-state index contributed by atoms with van der Waals surface area (Å²) in [5.74, 6) is 0.0152. The molecule has 0 bridgehead atoms. The largest absolute Gasteiger partial charge is 0.506 e. The summed E-state index contributed by atoms with van der Waals surface area (Å²) in [4.78, 5) is 48.7. The number of carbonyl (C=O) groups excluding carboxylic acids is 3. The summed E-state index contributed by atoms with van der Waals surface area (Å²) in [5.41, 5.74) is 1.54. The van der Waals surface area contributed by atoms with Crippen LogP contribution in [0.5, 0.6) is 5.75 Å². The van der Waals surface area contributed by atoms with Crippen LogP contribution in [0, 0.1) is 11.3 Å². The first-order chi connectivity index (χ1) is 16.4. The molecule has 11 heteroatoms. The molecule has 2 aromatic heterocycles. The lowest BCUT2D eigenvalue weighted by molar-refractivity contribution is -0.140. The number of hydrogen-bond acceptors (Lipinski definition) is 8. The second-order valence-electron chi connectivity index (χ2n) is 8.21. The summed E-state index contributed by atoms with van der Waals surface area (Å²) >= 11 is 0. The maximum absolute atomic E-state index is 12.9. The minimum atomic E-state index is -0.527. The van der Waals surface area contributed by atoms with E-state index >= 15 is 0 Å². The zero-order chi connectivity index (χ0) is 24.2. The number of carbonyl (C=O) groups is 3. The van der Waals surface area contributed by atoms with Gasteiger partial charge in [0.05, 0.1) is 6.20 Å². The first kappa shape index (κ1) is 23.1. The van der Waals surface area contributed by atoms with Gasteiger partial charge in [0, 0.05) is 38.4 Å². The van der Waals surface area contributed by atoms with E-state index in [-0.39, 0.29) is 35.3 Å². The molecule has 2 N–H and O–H groups in total. The van der Waals surface area contributed by atoms with Crippen LogP contribution in [0.3, 0.4) is 0 Å². The maximum atomic E-state index is 12.9. The fourth-order valence-corrected chi connectivity index (χ4v) is 4.11. The Morgan fingerprint density at radius 1 is 1.41 bits per heavy atom. The minimum absolute atomic E-state index is 0.00548. The highest BCUT2D eigenvalue weighted by atomic mass is 16.5. The molecule has 0 aromatic carbocycles. The van der Waals surface area contributed by atoms with E-state index in [0.29, 0.717) is 50.1 Å². The van der Waals surface area contributed by atoms with Gasteiger partial charge in [-0.2, -0.15) is 5.26 Å². The summed E-state index contributed by atoms with van der Waals surface area (Å²) in [5, 5.41) is 21.3. The third kappa shape index (κ3) is 4.67. The van der Waals surface area contributed by atoms with E-state index in [9.17, 15) is 19.5 Å². The van der Waals surface area contributed by atoms with Gasteiger partial charge in [-0.15, -0.1) is 0 Å². The van der Waals surface area contributed by atoms with Gasteiger partial charge in [0.25, 0.3) is 5.91 Å². The SMILES string of the molecule is CN(Cc1cc2c(nc1C=O)N(C(=O)Nc1cc(O)c(C#N)cn1)CCC2)C(=O)C1CCCO1. The molecule has 1 atom stereocenters. The minimum Gasteiger partial charge on any atom is -0.506 e. The van der Waals surface area contributed by atoms with Crippen molar-refractivity contribution >= 4 is 29.9 Å². The molecule has 4 heterocycles. The third-order valence-electron chi connectivity index (χ3n) is 5.86. The third-order valence-corrected chi connectivity index (χ3v) is 5.86. The van der Waals surface area contributed by atoms with Crippen molar-refractivity contribution in [2.75, 3.05) is 30.4 Å². The first-order valence-corrected chi connectivity index (χ1v) is 10.9. The number of likely N-dealkylation sites (N-methyl/N-ethyl adjacent to an activating group) is 1. The van der Waals surface area contributed by atoms with Gasteiger partial charge < -0.3 is 14.7 Å². The van der Waals surface area contributed by atoms with Crippen molar-refractivity contribution in [1.82, 2.24) is 14.9 Å². The number of rotatable bonds is 5. The predicted molar refractivity (Wildman–Crippen MR) is 120 cm³/mol. The van der Waals surface area contributed by atoms with Crippen molar-refractivity contribution in [3.8, 4) is 11.8 Å². The van der Waals surface area contributed by atoms with Crippen LogP contribution in [0.25, 0.3) is 0 Å². The van der Waals surface area contributed by atoms with Crippen molar-refractivity contribution in [2.24, 2.45) is 0 Å². The van der Waals surface area contributed by atoms with Crippen LogP contribution in [0.2, 0.25) is 0 Å². The molecule has 1 fully saturated rings. The molecule has 34 heavy (non-hydrogen) atoms. The standard InChI is InChI=1S/C23H24N6O5/c1-28(22(32)19-5-3-7-34-19)12-15-8-14-4-2-6-29(21(14)26-17(15)13-30)23(33)27-20-9-18(31)16(10-24)11-25-20/h8-9,11,13,19H,2-7,12H2,1H3,(H2,25,27,31,33). The zero-order valence-corrected chi connectivity index (χ0v) is 18.7. The van der Waals surface area contributed by atoms with Gasteiger partial charge in [-0.1, -0.05) is 0 Å². The van der Waals surface area contributed by atoms with Crippen molar-refractivity contribution < 1.29 is 24.2 Å². The Hall–Kier alpha value is -4.04. The van der Waals surface area contributed by atoms with Crippen molar-refractivity contribution in [2.45, 2.75) is 38.3 Å². The lowest BCUT2D eigenvalue weighted by Crippen LogP contribution is -2.40. The van der Waals surface area contributed by atoms with Crippen LogP contribution >= 0.6 is 0 Å². The second kappa shape index (κ2) is 9.84. The number of aromatic hydroxyl groups is 1. The quantitative estimate of drug-likeness (QED) is 0.638. The highest BCUT2D eigenvalue weighted by Crippen LogP contribution is 2.29. The van der Waals surface area contributed by atoms with Crippen LogP contribution in [0.4, 0.5) is 16.4 Å². The van der Waals surface area contributed by atoms with Crippen LogP contribution in [-0.2, 0) is 22.5 Å². The lowest BCUT2D eigenvalue weighted by atomic mass is 10.0. The van der Waals surface area contributed by atoms with Crippen LogP contribution in [0.1, 0.15) is 46.4 Å². The topological polar surface area (TPSA) is 149 Å². The molecular formula is C23H24N6O5. The van der Waals surface area contributed by atoms with Crippen LogP contribution < -0.4 is 10.2 Å². The average Bonchev–Trinajstić information content (AvgIpc) is 3.37. The summed E-state index contributed by atoms with van der Waals surface area (Å²) in [6, 6.07) is 4.27. The molecule has 11 nitrogen and oxygen atoms in total. The van der Waals surface area contributed by atoms with Gasteiger partial charge in [-0.25, -0.2) is 14.8 Å². The van der Waals surface area contributed by atoms with Gasteiger partial charge in [0.2, 0.25) is 0 Å². The number of amides is 3. The molecule has 2 aliphatic heterocycles. The maximum Gasteiger partial charge on any atom is 0.328 e. The monoisotopic (exact) mass is 464 g/mol. The Balaban J connectivity index is 1.54. The number of urea groups is 1. The molecule has 176 valence electrons. The highest BCUT2D eigenvalue weighted by Gasteiger charge is 2.29. The number of aldehydes is 1. The number of ether oxygens (including phenoxy) is 1. The molecule has 2 aromatic rings. The molecule has 1 saturated heterocycles. The van der Waals surface area contributed by atoms with E-state index in [0.717, 1.165) is 12.0 Å². The number of fused-ring (bicyclic) bond motifs is 1. The number of nitrogens with zero attached hydrogens (tertiary/aromatic N) is 5. The molecule has 3 amide bonds. The highest BCUT2D eigenvalue weighted by molar-refractivity contribution is 6.01. The van der Waals surface area contributed by atoms with E-state index in [1.54, 1.807) is 13.1 Å². The van der Waals surface area contributed by atoms with Crippen molar-refractivity contribution in [3.05, 3.63) is 40.7 Å². The first-order valence-electron chi connectivity index (χ1n) is 10.9. The van der Waals surface area contributed by atoms with E-state index < -0.39 is 12.1 Å². The Labute approximate surface area is 196 Å². The number of anilines is 2. The number of nitriles is 1. The second-order valence-corrected chi connectivity index (χ2v) is 8.21. The summed E-state index contributed by atoms with van der Waals surface area (Å²) in [6.07, 6.45) is 4.20. The van der Waals surface area contributed by atoms with Crippen molar-refractivity contribution in [3.63, 3.8) is 0 Å².